The minimum Gasteiger partial charge on any atom is -0.466 e. The highest BCUT2D eigenvalue weighted by Gasteiger charge is 2.11. The maximum absolute atomic E-state index is 11.8. The Morgan fingerprint density at radius 3 is 1.85 bits per heavy atom. The standard InChI is InChI=1S/C21H40O5/c1-4-6-10-16-25-20(22)12-8-9-13-21(23)26-18-15-19(11-7-5-2)14-17-24-3/h19H,4-18H2,1-3H3. The second-order valence-electron chi connectivity index (χ2n) is 6.93. The molecular formula is C21H40O5. The summed E-state index contributed by atoms with van der Waals surface area (Å²) in [6.45, 7) is 6.06. The van der Waals surface area contributed by atoms with E-state index in [9.17, 15) is 9.59 Å². The average Bonchev–Trinajstić information content (AvgIpc) is 2.64. The van der Waals surface area contributed by atoms with Gasteiger partial charge in [-0.15, -0.1) is 0 Å². The first-order valence-corrected chi connectivity index (χ1v) is 10.4. The predicted molar refractivity (Wildman–Crippen MR) is 104 cm³/mol. The SMILES string of the molecule is CCCCCOC(=O)CCCCC(=O)OCCC(CCCC)CCOC. The predicted octanol–water partition coefficient (Wildman–Crippen LogP) is 5.06. The van der Waals surface area contributed by atoms with Crippen molar-refractivity contribution in [3.05, 3.63) is 0 Å². The van der Waals surface area contributed by atoms with E-state index in [4.69, 9.17) is 14.2 Å². The van der Waals surface area contributed by atoms with E-state index in [1.807, 2.05) is 0 Å². The van der Waals surface area contributed by atoms with Gasteiger partial charge in [0.15, 0.2) is 0 Å². The fourth-order valence-electron chi connectivity index (χ4n) is 2.77. The summed E-state index contributed by atoms with van der Waals surface area (Å²) in [5.74, 6) is 0.235. The van der Waals surface area contributed by atoms with Crippen molar-refractivity contribution in [1.29, 1.82) is 0 Å². The Morgan fingerprint density at radius 2 is 1.27 bits per heavy atom. The summed E-state index contributed by atoms with van der Waals surface area (Å²) in [6.07, 6.45) is 10.7. The van der Waals surface area contributed by atoms with E-state index >= 15 is 0 Å². The number of carbonyl (C=O) groups excluding carboxylic acids is 2. The molecule has 0 heterocycles. The smallest absolute Gasteiger partial charge is 0.305 e. The van der Waals surface area contributed by atoms with Crippen LogP contribution in [0.5, 0.6) is 0 Å². The molecule has 0 amide bonds. The van der Waals surface area contributed by atoms with Crippen molar-refractivity contribution < 1.29 is 23.8 Å². The van der Waals surface area contributed by atoms with Crippen molar-refractivity contribution in [2.45, 2.75) is 90.9 Å². The first kappa shape index (κ1) is 24.9. The van der Waals surface area contributed by atoms with Crippen LogP contribution in [0.15, 0.2) is 0 Å². The minimum atomic E-state index is -0.165. The molecule has 154 valence electrons. The fraction of sp³-hybridized carbons (Fsp3) is 0.905. The molecule has 1 atom stereocenters. The monoisotopic (exact) mass is 372 g/mol. The zero-order chi connectivity index (χ0) is 19.5. The van der Waals surface area contributed by atoms with Gasteiger partial charge in [-0.05, 0) is 38.0 Å². The molecule has 0 radical (unpaired) electrons. The van der Waals surface area contributed by atoms with Crippen LogP contribution in [0, 0.1) is 5.92 Å². The lowest BCUT2D eigenvalue weighted by Gasteiger charge is -2.16. The van der Waals surface area contributed by atoms with Crippen LogP contribution >= 0.6 is 0 Å². The van der Waals surface area contributed by atoms with Gasteiger partial charge in [0.25, 0.3) is 0 Å². The molecule has 1 unspecified atom stereocenters. The molecule has 0 spiro atoms. The van der Waals surface area contributed by atoms with Crippen molar-refractivity contribution >= 4 is 11.9 Å². The minimum absolute atomic E-state index is 0.161. The van der Waals surface area contributed by atoms with E-state index < -0.39 is 0 Å². The summed E-state index contributed by atoms with van der Waals surface area (Å²) < 4.78 is 15.6. The van der Waals surface area contributed by atoms with Gasteiger partial charge in [-0.1, -0.05) is 46.0 Å². The molecule has 0 aromatic heterocycles. The topological polar surface area (TPSA) is 61.8 Å². The number of hydrogen-bond acceptors (Lipinski definition) is 5. The molecular weight excluding hydrogens is 332 g/mol. The van der Waals surface area contributed by atoms with Crippen LogP contribution in [0.1, 0.15) is 90.9 Å². The Hall–Kier alpha value is -1.10. The summed E-state index contributed by atoms with van der Waals surface area (Å²) in [7, 11) is 1.72. The molecule has 26 heavy (non-hydrogen) atoms. The van der Waals surface area contributed by atoms with Crippen molar-refractivity contribution in [3.8, 4) is 0 Å². The Labute approximate surface area is 160 Å². The molecule has 0 aromatic rings. The van der Waals surface area contributed by atoms with Gasteiger partial charge >= 0.3 is 11.9 Å². The maximum atomic E-state index is 11.8. The number of rotatable bonds is 18. The molecule has 0 fully saturated rings. The molecule has 5 nitrogen and oxygen atoms in total. The highest BCUT2D eigenvalue weighted by Crippen LogP contribution is 2.17. The number of carbonyl (C=O) groups is 2. The van der Waals surface area contributed by atoms with E-state index in [1.54, 1.807) is 7.11 Å². The number of methoxy groups -OCH3 is 1. The van der Waals surface area contributed by atoms with E-state index in [0.29, 0.717) is 44.8 Å². The number of hydrogen-bond donors (Lipinski definition) is 0. The average molecular weight is 373 g/mol. The lowest BCUT2D eigenvalue weighted by molar-refractivity contribution is -0.146. The molecule has 0 rings (SSSR count). The van der Waals surface area contributed by atoms with Crippen LogP contribution in [-0.2, 0) is 23.8 Å². The molecule has 0 aliphatic carbocycles. The highest BCUT2D eigenvalue weighted by atomic mass is 16.5. The largest absolute Gasteiger partial charge is 0.466 e. The van der Waals surface area contributed by atoms with Crippen molar-refractivity contribution in [1.82, 2.24) is 0 Å². The zero-order valence-corrected chi connectivity index (χ0v) is 17.2. The molecule has 0 aliphatic heterocycles. The van der Waals surface area contributed by atoms with Crippen molar-refractivity contribution in [3.63, 3.8) is 0 Å². The third-order valence-corrected chi connectivity index (χ3v) is 4.51. The highest BCUT2D eigenvalue weighted by molar-refractivity contribution is 5.70. The quantitative estimate of drug-likeness (QED) is 0.249. The number of ether oxygens (including phenoxy) is 3. The number of esters is 2. The van der Waals surface area contributed by atoms with Gasteiger partial charge in [-0.3, -0.25) is 9.59 Å². The lowest BCUT2D eigenvalue weighted by Crippen LogP contribution is -2.12. The van der Waals surface area contributed by atoms with Crippen molar-refractivity contribution in [2.75, 3.05) is 26.9 Å². The van der Waals surface area contributed by atoms with Crippen molar-refractivity contribution in [2.24, 2.45) is 5.92 Å². The number of unbranched alkanes of at least 4 members (excludes halogenated alkanes) is 4. The Bertz CT molecular complexity index is 335. The van der Waals surface area contributed by atoms with Crippen LogP contribution in [-0.4, -0.2) is 38.9 Å². The molecule has 0 saturated carbocycles. The van der Waals surface area contributed by atoms with Crippen LogP contribution in [0.2, 0.25) is 0 Å². The second kappa shape index (κ2) is 18.7. The Morgan fingerprint density at radius 1 is 0.692 bits per heavy atom. The summed E-state index contributed by atoms with van der Waals surface area (Å²) >= 11 is 0. The summed E-state index contributed by atoms with van der Waals surface area (Å²) in [5.41, 5.74) is 0. The van der Waals surface area contributed by atoms with E-state index in [0.717, 1.165) is 45.1 Å². The van der Waals surface area contributed by atoms with Crippen LogP contribution < -0.4 is 0 Å². The first-order valence-electron chi connectivity index (χ1n) is 10.4. The van der Waals surface area contributed by atoms with E-state index in [2.05, 4.69) is 13.8 Å². The van der Waals surface area contributed by atoms with Gasteiger partial charge in [-0.25, -0.2) is 0 Å². The Balaban J connectivity index is 3.66. The summed E-state index contributed by atoms with van der Waals surface area (Å²) in [5, 5.41) is 0. The molecule has 0 saturated heterocycles. The summed E-state index contributed by atoms with van der Waals surface area (Å²) in [6, 6.07) is 0. The second-order valence-corrected chi connectivity index (χ2v) is 6.93. The molecule has 5 heteroatoms. The van der Waals surface area contributed by atoms with E-state index in [1.165, 1.54) is 12.8 Å². The van der Waals surface area contributed by atoms with Crippen LogP contribution in [0.3, 0.4) is 0 Å². The van der Waals surface area contributed by atoms with Gasteiger partial charge in [0, 0.05) is 26.6 Å². The summed E-state index contributed by atoms with van der Waals surface area (Å²) in [4.78, 5) is 23.3. The lowest BCUT2D eigenvalue weighted by atomic mass is 9.96. The van der Waals surface area contributed by atoms with Gasteiger partial charge in [0.05, 0.1) is 13.2 Å². The van der Waals surface area contributed by atoms with Gasteiger partial charge in [0.1, 0.15) is 0 Å². The van der Waals surface area contributed by atoms with Crippen LogP contribution in [0.4, 0.5) is 0 Å². The zero-order valence-electron chi connectivity index (χ0n) is 17.2. The van der Waals surface area contributed by atoms with Gasteiger partial charge in [-0.2, -0.15) is 0 Å². The van der Waals surface area contributed by atoms with E-state index in [-0.39, 0.29) is 11.9 Å². The molecule has 0 bridgehead atoms. The third kappa shape index (κ3) is 16.4. The normalized spacial score (nSPS) is 12.0. The van der Waals surface area contributed by atoms with Crippen LogP contribution in [0.25, 0.3) is 0 Å². The van der Waals surface area contributed by atoms with Gasteiger partial charge in [0.2, 0.25) is 0 Å². The third-order valence-electron chi connectivity index (χ3n) is 4.51. The Kier molecular flexibility index (Phi) is 17.9. The maximum Gasteiger partial charge on any atom is 0.305 e. The molecule has 0 N–H and O–H groups in total. The van der Waals surface area contributed by atoms with Gasteiger partial charge < -0.3 is 14.2 Å². The fourth-order valence-corrected chi connectivity index (χ4v) is 2.77. The molecule has 0 aliphatic rings. The molecule has 0 aromatic carbocycles. The first-order chi connectivity index (χ1) is 12.6.